The molecule has 0 aromatic heterocycles. The SMILES string of the molecule is C=CC[C@H](OCc1ccccc1)C(N)=O. The van der Waals surface area contributed by atoms with Crippen molar-refractivity contribution in [2.75, 3.05) is 0 Å². The molecule has 1 atom stereocenters. The van der Waals surface area contributed by atoms with Gasteiger partial charge in [0.15, 0.2) is 0 Å². The van der Waals surface area contributed by atoms with Crippen molar-refractivity contribution in [3.63, 3.8) is 0 Å². The van der Waals surface area contributed by atoms with Crippen molar-refractivity contribution in [3.05, 3.63) is 48.6 Å². The summed E-state index contributed by atoms with van der Waals surface area (Å²) in [5, 5.41) is 0. The van der Waals surface area contributed by atoms with Gasteiger partial charge in [0.1, 0.15) is 6.10 Å². The highest BCUT2D eigenvalue weighted by Crippen LogP contribution is 2.05. The topological polar surface area (TPSA) is 52.3 Å². The third-order valence-electron chi connectivity index (χ3n) is 1.99. The van der Waals surface area contributed by atoms with Crippen molar-refractivity contribution in [2.45, 2.75) is 19.1 Å². The second-order valence-corrected chi connectivity index (χ2v) is 3.21. The minimum absolute atomic E-state index is 0.391. The van der Waals surface area contributed by atoms with E-state index >= 15 is 0 Å². The second kappa shape index (κ2) is 5.98. The molecule has 0 saturated carbocycles. The van der Waals surface area contributed by atoms with E-state index in [2.05, 4.69) is 6.58 Å². The third kappa shape index (κ3) is 3.95. The number of carbonyl (C=O) groups excluding carboxylic acids is 1. The van der Waals surface area contributed by atoms with E-state index in [-0.39, 0.29) is 0 Å². The summed E-state index contributed by atoms with van der Waals surface area (Å²) in [6.07, 6.45) is 1.49. The molecular formula is C12H15NO2. The Labute approximate surface area is 89.5 Å². The zero-order chi connectivity index (χ0) is 11.1. The quantitative estimate of drug-likeness (QED) is 0.718. The van der Waals surface area contributed by atoms with E-state index in [4.69, 9.17) is 10.5 Å². The molecule has 0 aliphatic rings. The predicted octanol–water partition coefficient (Wildman–Crippen LogP) is 1.63. The maximum Gasteiger partial charge on any atom is 0.246 e. The van der Waals surface area contributed by atoms with Crippen LogP contribution < -0.4 is 5.73 Å². The predicted molar refractivity (Wildman–Crippen MR) is 59.0 cm³/mol. The minimum atomic E-state index is -0.581. The van der Waals surface area contributed by atoms with E-state index in [1.54, 1.807) is 6.08 Å². The molecule has 80 valence electrons. The number of hydrogen-bond acceptors (Lipinski definition) is 2. The van der Waals surface area contributed by atoms with Crippen molar-refractivity contribution in [1.29, 1.82) is 0 Å². The molecule has 0 fully saturated rings. The largest absolute Gasteiger partial charge is 0.367 e. The van der Waals surface area contributed by atoms with E-state index in [1.165, 1.54) is 0 Å². The van der Waals surface area contributed by atoms with Gasteiger partial charge in [-0.05, 0) is 5.56 Å². The lowest BCUT2D eigenvalue weighted by atomic mass is 10.2. The lowest BCUT2D eigenvalue weighted by Gasteiger charge is -2.12. The normalized spacial score (nSPS) is 12.0. The van der Waals surface area contributed by atoms with Gasteiger partial charge in [-0.25, -0.2) is 0 Å². The summed E-state index contributed by atoms with van der Waals surface area (Å²) in [6, 6.07) is 9.65. The van der Waals surface area contributed by atoms with Crippen LogP contribution in [0.3, 0.4) is 0 Å². The molecule has 0 bridgehead atoms. The highest BCUT2D eigenvalue weighted by Gasteiger charge is 2.13. The molecule has 0 aliphatic carbocycles. The van der Waals surface area contributed by atoms with Gasteiger partial charge in [0.25, 0.3) is 0 Å². The molecule has 0 unspecified atom stereocenters. The molecule has 0 saturated heterocycles. The first-order valence-corrected chi connectivity index (χ1v) is 4.79. The van der Waals surface area contributed by atoms with E-state index in [0.29, 0.717) is 13.0 Å². The molecule has 0 spiro atoms. The van der Waals surface area contributed by atoms with Crippen LogP contribution in [0.25, 0.3) is 0 Å². The van der Waals surface area contributed by atoms with Crippen LogP contribution in [0.2, 0.25) is 0 Å². The molecule has 0 aliphatic heterocycles. The molecule has 0 heterocycles. The molecule has 1 amide bonds. The number of ether oxygens (including phenoxy) is 1. The zero-order valence-electron chi connectivity index (χ0n) is 8.56. The molecule has 0 radical (unpaired) electrons. The first-order chi connectivity index (χ1) is 7.24. The summed E-state index contributed by atoms with van der Waals surface area (Å²) in [4.78, 5) is 11.0. The van der Waals surface area contributed by atoms with Crippen molar-refractivity contribution in [2.24, 2.45) is 5.73 Å². The number of nitrogens with two attached hydrogens (primary N) is 1. The fraction of sp³-hybridized carbons (Fsp3) is 0.250. The Morgan fingerprint density at radius 3 is 2.67 bits per heavy atom. The average molecular weight is 205 g/mol. The van der Waals surface area contributed by atoms with Gasteiger partial charge in [0, 0.05) is 6.42 Å². The van der Waals surface area contributed by atoms with Gasteiger partial charge in [-0.15, -0.1) is 6.58 Å². The lowest BCUT2D eigenvalue weighted by Crippen LogP contribution is -2.30. The number of hydrogen-bond donors (Lipinski definition) is 1. The summed E-state index contributed by atoms with van der Waals surface area (Å²) in [5.74, 6) is -0.453. The van der Waals surface area contributed by atoms with Gasteiger partial charge >= 0.3 is 0 Å². The van der Waals surface area contributed by atoms with E-state index < -0.39 is 12.0 Å². The number of rotatable bonds is 6. The number of carbonyl (C=O) groups is 1. The van der Waals surface area contributed by atoms with Crippen LogP contribution >= 0.6 is 0 Å². The van der Waals surface area contributed by atoms with Gasteiger partial charge in [-0.2, -0.15) is 0 Å². The van der Waals surface area contributed by atoms with Crippen LogP contribution in [0, 0.1) is 0 Å². The average Bonchev–Trinajstić information content (AvgIpc) is 2.25. The van der Waals surface area contributed by atoms with Crippen molar-refractivity contribution in [1.82, 2.24) is 0 Å². The summed E-state index contributed by atoms with van der Waals surface area (Å²) in [6.45, 7) is 3.94. The monoisotopic (exact) mass is 205 g/mol. The van der Waals surface area contributed by atoms with Crippen LogP contribution in [0.5, 0.6) is 0 Å². The van der Waals surface area contributed by atoms with Crippen molar-refractivity contribution < 1.29 is 9.53 Å². The molecule has 3 heteroatoms. The number of amides is 1. The summed E-state index contributed by atoms with van der Waals surface area (Å²) in [7, 11) is 0. The van der Waals surface area contributed by atoms with Crippen LogP contribution in [0.1, 0.15) is 12.0 Å². The van der Waals surface area contributed by atoms with Crippen LogP contribution in [-0.2, 0) is 16.1 Å². The molecular weight excluding hydrogens is 190 g/mol. The Hall–Kier alpha value is -1.61. The van der Waals surface area contributed by atoms with Gasteiger partial charge < -0.3 is 10.5 Å². The maximum absolute atomic E-state index is 11.0. The van der Waals surface area contributed by atoms with E-state index in [1.807, 2.05) is 30.3 Å². The fourth-order valence-electron chi connectivity index (χ4n) is 1.19. The Morgan fingerprint density at radius 2 is 2.13 bits per heavy atom. The molecule has 1 rings (SSSR count). The Balaban J connectivity index is 2.47. The standard InChI is InChI=1S/C12H15NO2/c1-2-6-11(12(13)14)15-9-10-7-4-3-5-8-10/h2-5,7-8,11H,1,6,9H2,(H2,13,14)/t11-/m0/s1. The van der Waals surface area contributed by atoms with Crippen molar-refractivity contribution >= 4 is 5.91 Å². The molecule has 1 aromatic rings. The van der Waals surface area contributed by atoms with Crippen LogP contribution in [0.15, 0.2) is 43.0 Å². The minimum Gasteiger partial charge on any atom is -0.367 e. The molecule has 3 nitrogen and oxygen atoms in total. The Kier molecular flexibility index (Phi) is 4.57. The summed E-state index contributed by atoms with van der Waals surface area (Å²) < 4.78 is 5.38. The number of benzene rings is 1. The molecule has 15 heavy (non-hydrogen) atoms. The van der Waals surface area contributed by atoms with E-state index in [0.717, 1.165) is 5.56 Å². The van der Waals surface area contributed by atoms with E-state index in [9.17, 15) is 4.79 Å². The fourth-order valence-corrected chi connectivity index (χ4v) is 1.19. The third-order valence-corrected chi connectivity index (χ3v) is 1.99. The Morgan fingerprint density at radius 1 is 1.47 bits per heavy atom. The first kappa shape index (κ1) is 11.5. The Bertz CT molecular complexity index is 322. The maximum atomic E-state index is 11.0. The van der Waals surface area contributed by atoms with Gasteiger partial charge in [-0.1, -0.05) is 36.4 Å². The van der Waals surface area contributed by atoms with Crippen LogP contribution in [-0.4, -0.2) is 12.0 Å². The second-order valence-electron chi connectivity index (χ2n) is 3.21. The lowest BCUT2D eigenvalue weighted by molar-refractivity contribution is -0.130. The first-order valence-electron chi connectivity index (χ1n) is 4.79. The van der Waals surface area contributed by atoms with Crippen molar-refractivity contribution in [3.8, 4) is 0 Å². The highest BCUT2D eigenvalue weighted by molar-refractivity contribution is 5.78. The zero-order valence-corrected chi connectivity index (χ0v) is 8.56. The van der Waals surface area contributed by atoms with Gasteiger partial charge in [-0.3, -0.25) is 4.79 Å². The molecule has 1 aromatic carbocycles. The van der Waals surface area contributed by atoms with Crippen LogP contribution in [0.4, 0.5) is 0 Å². The molecule has 2 N–H and O–H groups in total. The summed E-state index contributed by atoms with van der Waals surface area (Å²) >= 11 is 0. The van der Waals surface area contributed by atoms with Gasteiger partial charge in [0.2, 0.25) is 5.91 Å². The van der Waals surface area contributed by atoms with Gasteiger partial charge in [0.05, 0.1) is 6.61 Å². The number of primary amides is 1. The smallest absolute Gasteiger partial charge is 0.246 e. The highest BCUT2D eigenvalue weighted by atomic mass is 16.5. The summed E-state index contributed by atoms with van der Waals surface area (Å²) in [5.41, 5.74) is 6.20.